The van der Waals surface area contributed by atoms with Gasteiger partial charge in [-0.25, -0.2) is 0 Å². The minimum Gasteiger partial charge on any atom is -0.507 e. The quantitative estimate of drug-likeness (QED) is 0.234. The Morgan fingerprint density at radius 3 is 2.53 bits per heavy atom. The van der Waals surface area contributed by atoms with E-state index in [1.165, 1.54) is 6.08 Å². The number of ketones is 2. The molecule has 0 saturated carbocycles. The lowest BCUT2D eigenvalue weighted by Crippen LogP contribution is -2.66. The standard InChI is InChI=1S/C22H27NO7/c1-10(6-7-13(24)15-14(25)9-23-20(15)27)8-11(2)17-12(3)18-16(26)19-21(4,30-19)22(5,28-17)29-18/h6-8,11-12,17-19,24H,9H2,1-5H3,(H,23,27)/b7-6?,10-8?,15-13+/t11-,12-,17-,18-,19+,21+,22+/m1/s1. The van der Waals surface area contributed by atoms with E-state index in [0.717, 1.165) is 5.57 Å². The van der Waals surface area contributed by atoms with E-state index in [1.54, 1.807) is 6.08 Å². The Morgan fingerprint density at radius 1 is 1.20 bits per heavy atom. The van der Waals surface area contributed by atoms with Crippen molar-refractivity contribution in [3.05, 3.63) is 35.1 Å². The Morgan fingerprint density at radius 2 is 1.90 bits per heavy atom. The smallest absolute Gasteiger partial charge is 0.259 e. The van der Waals surface area contributed by atoms with Crippen molar-refractivity contribution in [1.29, 1.82) is 0 Å². The average molecular weight is 417 g/mol. The van der Waals surface area contributed by atoms with E-state index in [-0.39, 0.29) is 41.6 Å². The highest BCUT2D eigenvalue weighted by molar-refractivity contribution is 6.25. The number of epoxide rings is 1. The normalized spacial score (nSPS) is 43.5. The second-order valence-corrected chi connectivity index (χ2v) is 8.90. The summed E-state index contributed by atoms with van der Waals surface area (Å²) in [6, 6.07) is 0. The first kappa shape index (κ1) is 21.0. The van der Waals surface area contributed by atoms with Crippen LogP contribution < -0.4 is 5.32 Å². The van der Waals surface area contributed by atoms with Crippen molar-refractivity contribution in [2.45, 2.75) is 64.3 Å². The third-order valence-electron chi connectivity index (χ3n) is 6.67. The highest BCUT2D eigenvalue weighted by Crippen LogP contribution is 2.57. The zero-order valence-corrected chi connectivity index (χ0v) is 17.7. The largest absolute Gasteiger partial charge is 0.507 e. The number of aliphatic hydroxyl groups excluding tert-OH is 1. The van der Waals surface area contributed by atoms with Gasteiger partial charge in [-0.15, -0.1) is 0 Å². The number of aliphatic hydroxyl groups is 1. The molecule has 0 aromatic heterocycles. The summed E-state index contributed by atoms with van der Waals surface area (Å²) in [4.78, 5) is 36.0. The molecule has 1 amide bonds. The van der Waals surface area contributed by atoms with Crippen LogP contribution in [-0.4, -0.2) is 58.8 Å². The number of carbonyl (C=O) groups is 3. The van der Waals surface area contributed by atoms with Crippen LogP contribution >= 0.6 is 0 Å². The van der Waals surface area contributed by atoms with Gasteiger partial charge < -0.3 is 24.6 Å². The van der Waals surface area contributed by atoms with Gasteiger partial charge in [-0.3, -0.25) is 14.4 Å². The van der Waals surface area contributed by atoms with Crippen LogP contribution in [0.3, 0.4) is 0 Å². The van der Waals surface area contributed by atoms with Gasteiger partial charge in [-0.05, 0) is 26.8 Å². The highest BCUT2D eigenvalue weighted by atomic mass is 16.8. The summed E-state index contributed by atoms with van der Waals surface area (Å²) >= 11 is 0. The molecule has 4 heterocycles. The minimum absolute atomic E-state index is 0.0281. The number of allylic oxidation sites excluding steroid dienone is 3. The summed E-state index contributed by atoms with van der Waals surface area (Å²) in [7, 11) is 0. The van der Waals surface area contributed by atoms with Crippen LogP contribution in [0.1, 0.15) is 34.6 Å². The van der Waals surface area contributed by atoms with Crippen LogP contribution in [0.15, 0.2) is 35.1 Å². The Kier molecular flexibility index (Phi) is 4.80. The van der Waals surface area contributed by atoms with Crippen molar-refractivity contribution >= 4 is 17.5 Å². The molecule has 4 aliphatic rings. The van der Waals surface area contributed by atoms with Gasteiger partial charge >= 0.3 is 0 Å². The Balaban J connectivity index is 1.51. The second kappa shape index (κ2) is 6.87. The molecule has 2 bridgehead atoms. The highest BCUT2D eigenvalue weighted by Gasteiger charge is 2.76. The van der Waals surface area contributed by atoms with Gasteiger partial charge in [0.05, 0.1) is 12.6 Å². The zero-order chi connectivity index (χ0) is 22.0. The van der Waals surface area contributed by atoms with E-state index in [9.17, 15) is 19.5 Å². The summed E-state index contributed by atoms with van der Waals surface area (Å²) in [6.45, 7) is 9.34. The third kappa shape index (κ3) is 3.05. The molecule has 162 valence electrons. The fourth-order valence-corrected chi connectivity index (χ4v) is 4.67. The average Bonchev–Trinajstić information content (AvgIpc) is 3.29. The maximum absolute atomic E-state index is 12.7. The van der Waals surface area contributed by atoms with Crippen LogP contribution in [0, 0.1) is 11.8 Å². The van der Waals surface area contributed by atoms with Gasteiger partial charge in [0, 0.05) is 11.8 Å². The predicted molar refractivity (Wildman–Crippen MR) is 105 cm³/mol. The molecule has 0 unspecified atom stereocenters. The van der Waals surface area contributed by atoms with Crippen LogP contribution in [0.5, 0.6) is 0 Å². The molecule has 0 aliphatic carbocycles. The van der Waals surface area contributed by atoms with E-state index in [0.29, 0.717) is 0 Å². The number of ether oxygens (including phenoxy) is 3. The molecule has 2 N–H and O–H groups in total. The van der Waals surface area contributed by atoms with E-state index in [4.69, 9.17) is 14.2 Å². The first-order valence-electron chi connectivity index (χ1n) is 10.2. The topological polar surface area (TPSA) is 114 Å². The molecular formula is C22H27NO7. The van der Waals surface area contributed by atoms with Gasteiger partial charge in [-0.2, -0.15) is 0 Å². The Hall–Kier alpha value is -2.29. The molecule has 7 atom stereocenters. The summed E-state index contributed by atoms with van der Waals surface area (Å²) in [5.74, 6) is -2.59. The fourth-order valence-electron chi connectivity index (χ4n) is 4.67. The van der Waals surface area contributed by atoms with Crippen molar-refractivity contribution in [1.82, 2.24) is 5.32 Å². The van der Waals surface area contributed by atoms with Gasteiger partial charge in [0.15, 0.2) is 29.1 Å². The van der Waals surface area contributed by atoms with Crippen LogP contribution in [0.25, 0.3) is 0 Å². The lowest BCUT2D eigenvalue weighted by Gasteiger charge is -2.51. The summed E-state index contributed by atoms with van der Waals surface area (Å²) in [5.41, 5.74) is -0.167. The van der Waals surface area contributed by atoms with Crippen molar-refractivity contribution < 1.29 is 33.7 Å². The zero-order valence-electron chi connectivity index (χ0n) is 17.7. The second-order valence-electron chi connectivity index (χ2n) is 8.90. The van der Waals surface area contributed by atoms with Crippen molar-refractivity contribution in [2.24, 2.45) is 11.8 Å². The third-order valence-corrected chi connectivity index (χ3v) is 6.67. The first-order chi connectivity index (χ1) is 14.0. The SMILES string of the molecule is CC(C=C/C(O)=C1/C(=O)CNC1=O)=C[C@@H](C)[C@H]1O[C@@]2(C)O[C@@H](C(=O)[C@@H]3O[C@@]32C)[C@@H]1C. The molecule has 8 nitrogen and oxygen atoms in total. The predicted octanol–water partition coefficient (Wildman–Crippen LogP) is 1.51. The number of hydrogen-bond acceptors (Lipinski definition) is 7. The van der Waals surface area contributed by atoms with E-state index in [2.05, 4.69) is 5.32 Å². The van der Waals surface area contributed by atoms with Gasteiger partial charge in [0.25, 0.3) is 5.91 Å². The number of fused-ring (bicyclic) bond motifs is 4. The molecule has 0 aromatic rings. The van der Waals surface area contributed by atoms with Gasteiger partial charge in [0.1, 0.15) is 17.4 Å². The molecule has 4 fully saturated rings. The molecule has 0 spiro atoms. The number of nitrogens with one attached hydrogen (secondary N) is 1. The maximum atomic E-state index is 12.7. The first-order valence-corrected chi connectivity index (χ1v) is 10.2. The molecular weight excluding hydrogens is 390 g/mol. The molecule has 8 heteroatoms. The number of hydrogen-bond donors (Lipinski definition) is 2. The van der Waals surface area contributed by atoms with E-state index < -0.39 is 35.3 Å². The maximum Gasteiger partial charge on any atom is 0.259 e. The van der Waals surface area contributed by atoms with Crippen molar-refractivity contribution in [3.63, 3.8) is 0 Å². The van der Waals surface area contributed by atoms with E-state index in [1.807, 2.05) is 40.7 Å². The molecule has 4 saturated heterocycles. The minimum atomic E-state index is -0.988. The monoisotopic (exact) mass is 417 g/mol. The molecule has 30 heavy (non-hydrogen) atoms. The molecule has 0 radical (unpaired) electrons. The Bertz CT molecular complexity index is 900. The van der Waals surface area contributed by atoms with E-state index >= 15 is 0 Å². The molecule has 4 aliphatic heterocycles. The van der Waals surface area contributed by atoms with Crippen molar-refractivity contribution in [3.8, 4) is 0 Å². The van der Waals surface area contributed by atoms with Crippen molar-refractivity contribution in [2.75, 3.05) is 6.54 Å². The lowest BCUT2D eigenvalue weighted by molar-refractivity contribution is -0.350. The summed E-state index contributed by atoms with van der Waals surface area (Å²) in [6.07, 6.45) is 3.64. The van der Waals surface area contributed by atoms with Crippen LogP contribution in [0.4, 0.5) is 0 Å². The number of carbonyl (C=O) groups excluding carboxylic acids is 3. The number of Topliss-reactive ketones (excluding diaryl/α,β-unsaturated/α-hetero) is 2. The summed E-state index contributed by atoms with van der Waals surface area (Å²) in [5, 5.41) is 12.5. The van der Waals surface area contributed by atoms with Gasteiger partial charge in [-0.1, -0.05) is 31.6 Å². The molecule has 0 aromatic carbocycles. The lowest BCUT2D eigenvalue weighted by atomic mass is 9.78. The number of amides is 1. The number of rotatable bonds is 4. The Labute approximate surface area is 174 Å². The van der Waals surface area contributed by atoms with Crippen LogP contribution in [0.2, 0.25) is 0 Å². The summed E-state index contributed by atoms with van der Waals surface area (Å²) < 4.78 is 18.0. The van der Waals surface area contributed by atoms with Crippen LogP contribution in [-0.2, 0) is 28.6 Å². The molecule has 4 rings (SSSR count). The van der Waals surface area contributed by atoms with Gasteiger partial charge in [0.2, 0.25) is 0 Å². The fraction of sp³-hybridized carbons (Fsp3) is 0.591.